The summed E-state index contributed by atoms with van der Waals surface area (Å²) in [5.74, 6) is 0.679. The Morgan fingerprint density at radius 1 is 1.21 bits per heavy atom. The van der Waals surface area contributed by atoms with E-state index in [4.69, 9.17) is 26.8 Å². The number of aryl methyl sites for hydroxylation is 1. The second-order valence-corrected chi connectivity index (χ2v) is 8.53. The van der Waals surface area contributed by atoms with E-state index in [2.05, 4.69) is 10.6 Å². The smallest absolute Gasteiger partial charge is 0.141 e. The number of likely N-dealkylation sites (tertiary alicyclic amines) is 1. The van der Waals surface area contributed by atoms with Gasteiger partial charge >= 0.3 is 0 Å². The van der Waals surface area contributed by atoms with Gasteiger partial charge in [-0.15, -0.1) is 0 Å². The monoisotopic (exact) mass is 422 g/mol. The van der Waals surface area contributed by atoms with E-state index < -0.39 is 30.6 Å². The molecule has 0 saturated carbocycles. The number of nitrogens with two attached hydrogens (primary N) is 1. The zero-order valence-electron chi connectivity index (χ0n) is 16.1. The average molecular weight is 423 g/mol. The Bertz CT molecular complexity index is 822. The van der Waals surface area contributed by atoms with Crippen molar-refractivity contribution >= 4 is 11.6 Å². The van der Waals surface area contributed by atoms with E-state index in [0.29, 0.717) is 30.7 Å². The topological polar surface area (TPSA) is 112 Å². The van der Waals surface area contributed by atoms with Crippen LogP contribution in [0.5, 0.6) is 0 Å². The zero-order chi connectivity index (χ0) is 20.1. The summed E-state index contributed by atoms with van der Waals surface area (Å²) in [6.07, 6.45) is -1.45. The normalized spacial score (nSPS) is 37.8. The molecule has 2 fully saturated rings. The van der Waals surface area contributed by atoms with Gasteiger partial charge in [0.25, 0.3) is 0 Å². The molecule has 0 aromatic heterocycles. The van der Waals surface area contributed by atoms with Gasteiger partial charge in [-0.25, -0.2) is 0 Å². The number of hydrogen-bond donors (Lipinski definition) is 5. The Labute approximate surface area is 174 Å². The summed E-state index contributed by atoms with van der Waals surface area (Å²) in [5.41, 5.74) is 9.23. The van der Waals surface area contributed by atoms with Gasteiger partial charge < -0.3 is 30.7 Å². The van der Waals surface area contributed by atoms with Gasteiger partial charge in [0.1, 0.15) is 30.6 Å². The molecule has 1 unspecified atom stereocenters. The molecule has 0 aliphatic carbocycles. The summed E-state index contributed by atoms with van der Waals surface area (Å²) in [7, 11) is 0. The van der Waals surface area contributed by atoms with Crippen LogP contribution in [0, 0.1) is 0 Å². The van der Waals surface area contributed by atoms with Gasteiger partial charge in [0.2, 0.25) is 0 Å². The Morgan fingerprint density at radius 3 is 2.93 bits per heavy atom. The predicted octanol–water partition coefficient (Wildman–Crippen LogP) is 0.143. The highest BCUT2D eigenvalue weighted by Gasteiger charge is 2.52. The number of ether oxygens (including phenoxy) is 2. The number of nitrogens with one attached hydrogen (secondary N) is 2. The van der Waals surface area contributed by atoms with Crippen LogP contribution in [0.3, 0.4) is 0 Å². The van der Waals surface area contributed by atoms with Gasteiger partial charge in [0.15, 0.2) is 0 Å². The fourth-order valence-electron chi connectivity index (χ4n) is 4.98. The molecule has 6 N–H and O–H groups in total. The van der Waals surface area contributed by atoms with Crippen molar-refractivity contribution in [1.29, 1.82) is 0 Å². The first kappa shape index (κ1) is 19.6. The first-order valence-electron chi connectivity index (χ1n) is 10.2. The lowest BCUT2D eigenvalue weighted by atomic mass is 9.94. The number of aliphatic hydroxyl groups is 2. The second kappa shape index (κ2) is 7.70. The van der Waals surface area contributed by atoms with Gasteiger partial charge in [-0.3, -0.25) is 10.2 Å². The van der Waals surface area contributed by atoms with E-state index in [-0.39, 0.29) is 6.17 Å². The Kier molecular flexibility index (Phi) is 5.19. The molecule has 158 valence electrons. The van der Waals surface area contributed by atoms with Crippen molar-refractivity contribution in [2.24, 2.45) is 5.73 Å². The van der Waals surface area contributed by atoms with Crippen LogP contribution in [-0.2, 0) is 15.9 Å². The lowest BCUT2D eigenvalue weighted by Crippen LogP contribution is -2.56. The van der Waals surface area contributed by atoms with Crippen LogP contribution in [0.15, 0.2) is 29.6 Å². The van der Waals surface area contributed by atoms with Crippen molar-refractivity contribution in [2.75, 3.05) is 19.8 Å². The number of hydrogen-bond acceptors (Lipinski definition) is 8. The number of fused-ring (bicyclic) bond motifs is 2. The van der Waals surface area contributed by atoms with E-state index in [0.717, 1.165) is 36.0 Å². The highest BCUT2D eigenvalue weighted by Crippen LogP contribution is 2.40. The average Bonchev–Trinajstić information content (AvgIpc) is 3.18. The molecule has 4 aliphatic rings. The molecular weight excluding hydrogens is 396 g/mol. The van der Waals surface area contributed by atoms with Crippen LogP contribution >= 0.6 is 11.6 Å². The molecule has 5 rings (SSSR count). The Hall–Kier alpha value is -1.39. The summed E-state index contributed by atoms with van der Waals surface area (Å²) in [5, 5.41) is 28.9. The van der Waals surface area contributed by atoms with Crippen LogP contribution in [0.2, 0.25) is 5.02 Å². The molecule has 4 aliphatic heterocycles. The fraction of sp³-hybridized carbons (Fsp3) is 0.600. The largest absolute Gasteiger partial charge is 0.387 e. The van der Waals surface area contributed by atoms with E-state index in [9.17, 15) is 10.2 Å². The summed E-state index contributed by atoms with van der Waals surface area (Å²) in [4.78, 5) is 2.04. The van der Waals surface area contributed by atoms with Gasteiger partial charge in [-0.05, 0) is 42.5 Å². The SMILES string of the molecule is NC1=C2CCN([C@@H]3O[C@H]([C@@H]4OCCCc5cc(Cl)ccc54)[C@@H](O)[C@H]3O)C2NCN1. The van der Waals surface area contributed by atoms with Crippen LogP contribution in [-0.4, -0.2) is 65.6 Å². The van der Waals surface area contributed by atoms with Crippen LogP contribution in [0.1, 0.15) is 30.1 Å². The van der Waals surface area contributed by atoms with Crippen molar-refractivity contribution < 1.29 is 19.7 Å². The molecular formula is C20H27ClN4O4. The minimum Gasteiger partial charge on any atom is -0.387 e. The highest BCUT2D eigenvalue weighted by molar-refractivity contribution is 6.30. The molecule has 1 aromatic carbocycles. The summed E-state index contributed by atoms with van der Waals surface area (Å²) in [6.45, 7) is 1.80. The van der Waals surface area contributed by atoms with Gasteiger partial charge in [-0.1, -0.05) is 17.7 Å². The predicted molar refractivity (Wildman–Crippen MR) is 107 cm³/mol. The molecule has 1 aromatic rings. The molecule has 2 saturated heterocycles. The van der Waals surface area contributed by atoms with Crippen molar-refractivity contribution in [1.82, 2.24) is 15.5 Å². The molecule has 0 spiro atoms. The number of nitrogens with zero attached hydrogens (tertiary/aromatic N) is 1. The summed E-state index contributed by atoms with van der Waals surface area (Å²) in [6, 6.07) is 5.72. The fourth-order valence-corrected chi connectivity index (χ4v) is 5.18. The van der Waals surface area contributed by atoms with E-state index in [1.165, 1.54) is 0 Å². The maximum absolute atomic E-state index is 10.9. The lowest BCUT2D eigenvalue weighted by Gasteiger charge is -2.35. The number of rotatable bonds is 2. The molecule has 8 nitrogen and oxygen atoms in total. The minimum absolute atomic E-state index is 0.108. The third-order valence-corrected chi connectivity index (χ3v) is 6.66. The molecule has 0 amide bonds. The first-order valence-corrected chi connectivity index (χ1v) is 10.6. The summed E-state index contributed by atoms with van der Waals surface area (Å²) >= 11 is 6.18. The number of aliphatic hydroxyl groups excluding tert-OH is 2. The molecule has 6 atom stereocenters. The Balaban J connectivity index is 1.42. The van der Waals surface area contributed by atoms with E-state index >= 15 is 0 Å². The van der Waals surface area contributed by atoms with E-state index in [1.54, 1.807) is 0 Å². The minimum atomic E-state index is -1.06. The number of halogens is 1. The third-order valence-electron chi connectivity index (χ3n) is 6.42. The van der Waals surface area contributed by atoms with Gasteiger partial charge in [0.05, 0.1) is 18.7 Å². The first-order chi connectivity index (χ1) is 14.0. The molecule has 4 heterocycles. The van der Waals surface area contributed by atoms with Crippen LogP contribution < -0.4 is 16.4 Å². The zero-order valence-corrected chi connectivity index (χ0v) is 16.8. The summed E-state index contributed by atoms with van der Waals surface area (Å²) < 4.78 is 12.4. The molecule has 9 heteroatoms. The molecule has 29 heavy (non-hydrogen) atoms. The van der Waals surface area contributed by atoms with Crippen molar-refractivity contribution in [3.63, 3.8) is 0 Å². The van der Waals surface area contributed by atoms with E-state index in [1.807, 2.05) is 23.1 Å². The quantitative estimate of drug-likeness (QED) is 0.457. The maximum Gasteiger partial charge on any atom is 0.141 e. The van der Waals surface area contributed by atoms with Crippen molar-refractivity contribution in [2.45, 2.75) is 56.1 Å². The maximum atomic E-state index is 10.9. The van der Waals surface area contributed by atoms with Crippen molar-refractivity contribution in [3.8, 4) is 0 Å². The van der Waals surface area contributed by atoms with Crippen molar-refractivity contribution in [3.05, 3.63) is 45.7 Å². The Morgan fingerprint density at radius 2 is 2.07 bits per heavy atom. The highest BCUT2D eigenvalue weighted by atomic mass is 35.5. The molecule has 0 bridgehead atoms. The van der Waals surface area contributed by atoms with Gasteiger partial charge in [-0.2, -0.15) is 0 Å². The third kappa shape index (κ3) is 3.33. The van der Waals surface area contributed by atoms with Crippen LogP contribution in [0.4, 0.5) is 0 Å². The van der Waals surface area contributed by atoms with Crippen LogP contribution in [0.25, 0.3) is 0 Å². The second-order valence-electron chi connectivity index (χ2n) is 8.10. The lowest BCUT2D eigenvalue weighted by molar-refractivity contribution is -0.134. The standard InChI is InChI=1S/C20H27ClN4O4/c21-11-3-4-12-10(8-11)2-1-7-28-16(12)17-14(26)15(27)20(29-17)25-6-5-13-18(22)23-9-24-19(13)25/h3-4,8,14-17,19-20,23-24,26-27H,1-2,5-7,9,22H2/t14-,15+,16+,17-,19?,20+/m0/s1. The number of benzene rings is 1. The molecule has 0 radical (unpaired) electrons. The van der Waals surface area contributed by atoms with Gasteiger partial charge in [0, 0.05) is 23.7 Å².